The fourth-order valence-corrected chi connectivity index (χ4v) is 3.12. The maximum absolute atomic E-state index is 12.6. The molecule has 5 nitrogen and oxygen atoms in total. The highest BCUT2D eigenvalue weighted by Crippen LogP contribution is 2.33. The van der Waals surface area contributed by atoms with E-state index in [2.05, 4.69) is 13.8 Å². The van der Waals surface area contributed by atoms with E-state index in [9.17, 15) is 9.90 Å². The van der Waals surface area contributed by atoms with Crippen molar-refractivity contribution in [3.05, 3.63) is 28.6 Å². The first-order chi connectivity index (χ1) is 13.1. The van der Waals surface area contributed by atoms with E-state index in [1.807, 2.05) is 6.07 Å². The lowest BCUT2D eigenvalue weighted by atomic mass is 10.1. The second-order valence-corrected chi connectivity index (χ2v) is 7.04. The molecule has 0 amide bonds. The molecule has 1 aromatic carbocycles. The van der Waals surface area contributed by atoms with Crippen molar-refractivity contribution in [2.75, 3.05) is 13.2 Å². The summed E-state index contributed by atoms with van der Waals surface area (Å²) in [5, 5.41) is 11.1. The number of rotatable bonds is 12. The molecule has 5 heteroatoms. The van der Waals surface area contributed by atoms with E-state index in [0.29, 0.717) is 29.9 Å². The number of nitrogens with zero attached hydrogens (tertiary/aromatic N) is 1. The molecule has 0 bridgehead atoms. The van der Waals surface area contributed by atoms with Crippen LogP contribution < -0.4 is 15.0 Å². The lowest BCUT2D eigenvalue weighted by Gasteiger charge is -2.14. The molecule has 0 saturated carbocycles. The van der Waals surface area contributed by atoms with Crippen LogP contribution in [0.2, 0.25) is 0 Å². The Labute approximate surface area is 161 Å². The van der Waals surface area contributed by atoms with E-state index in [4.69, 9.17) is 9.47 Å². The number of benzene rings is 1. The number of aromatic nitrogens is 1. The van der Waals surface area contributed by atoms with Crippen LogP contribution in [-0.4, -0.2) is 22.9 Å². The summed E-state index contributed by atoms with van der Waals surface area (Å²) in [5.74, 6) is 0.662. The Bertz CT molecular complexity index is 782. The molecule has 0 unspecified atom stereocenters. The smallest absolute Gasteiger partial charge is 0.297 e. The fraction of sp³-hybridized carbons (Fsp3) is 0.591. The van der Waals surface area contributed by atoms with Gasteiger partial charge < -0.3 is 19.1 Å². The average molecular weight is 376 g/mol. The molecular formula is C22H33NO4. The molecule has 2 rings (SSSR count). The van der Waals surface area contributed by atoms with Gasteiger partial charge in [-0.25, -0.2) is 0 Å². The summed E-state index contributed by atoms with van der Waals surface area (Å²) in [4.78, 5) is 12.6. The van der Waals surface area contributed by atoms with Crippen LogP contribution >= 0.6 is 0 Å². The monoisotopic (exact) mass is 375 g/mol. The number of pyridine rings is 1. The van der Waals surface area contributed by atoms with Gasteiger partial charge in [0.05, 0.1) is 18.7 Å². The van der Waals surface area contributed by atoms with E-state index in [-0.39, 0.29) is 17.1 Å². The Balaban J connectivity index is 2.13. The Morgan fingerprint density at radius 3 is 2.19 bits per heavy atom. The standard InChI is InChI=1S/C22H33NO4/c1-4-6-8-10-14-26-17-12-13-18-19(16-17)23(3)22(25)21(20(18)24)27-15-11-9-7-5-2/h12-13,16,24H,4-11,14-15H2,1-3H3. The SMILES string of the molecule is CCCCCCOc1ccc2c(O)c(OCCCCCC)c(=O)n(C)c2c1. The van der Waals surface area contributed by atoms with E-state index in [1.54, 1.807) is 19.2 Å². The molecule has 1 heterocycles. The quantitative estimate of drug-likeness (QED) is 0.520. The Hall–Kier alpha value is -2.17. The molecule has 2 aromatic rings. The van der Waals surface area contributed by atoms with Gasteiger partial charge in [0.15, 0.2) is 5.75 Å². The molecule has 0 radical (unpaired) electrons. The molecule has 0 atom stereocenters. The van der Waals surface area contributed by atoms with Gasteiger partial charge in [0.25, 0.3) is 5.56 Å². The minimum Gasteiger partial charge on any atom is -0.504 e. The number of hydrogen-bond donors (Lipinski definition) is 1. The Morgan fingerprint density at radius 1 is 0.926 bits per heavy atom. The van der Waals surface area contributed by atoms with Crippen LogP contribution in [0.3, 0.4) is 0 Å². The van der Waals surface area contributed by atoms with Crippen LogP contribution in [0, 0.1) is 0 Å². The number of unbranched alkanes of at least 4 members (excludes halogenated alkanes) is 6. The zero-order valence-corrected chi connectivity index (χ0v) is 16.9. The molecular weight excluding hydrogens is 342 g/mol. The summed E-state index contributed by atoms with van der Waals surface area (Å²) >= 11 is 0. The summed E-state index contributed by atoms with van der Waals surface area (Å²) in [7, 11) is 1.69. The molecule has 0 aliphatic heterocycles. The minimum absolute atomic E-state index is 0.0368. The van der Waals surface area contributed by atoms with Crippen molar-refractivity contribution in [2.24, 2.45) is 7.05 Å². The third kappa shape index (κ3) is 5.65. The van der Waals surface area contributed by atoms with Crippen molar-refractivity contribution in [1.29, 1.82) is 0 Å². The van der Waals surface area contributed by atoms with Gasteiger partial charge in [-0.3, -0.25) is 4.79 Å². The van der Waals surface area contributed by atoms with Gasteiger partial charge in [0, 0.05) is 18.5 Å². The van der Waals surface area contributed by atoms with Crippen LogP contribution in [0.4, 0.5) is 0 Å². The molecule has 1 N–H and O–H groups in total. The first kappa shape index (κ1) is 21.1. The predicted molar refractivity (Wildman–Crippen MR) is 110 cm³/mol. The van der Waals surface area contributed by atoms with Crippen molar-refractivity contribution < 1.29 is 14.6 Å². The molecule has 27 heavy (non-hydrogen) atoms. The first-order valence-corrected chi connectivity index (χ1v) is 10.2. The average Bonchev–Trinajstić information content (AvgIpc) is 2.68. The van der Waals surface area contributed by atoms with Gasteiger partial charge >= 0.3 is 0 Å². The van der Waals surface area contributed by atoms with E-state index in [0.717, 1.165) is 38.5 Å². The minimum atomic E-state index is -0.324. The molecule has 150 valence electrons. The van der Waals surface area contributed by atoms with Crippen molar-refractivity contribution in [2.45, 2.75) is 65.2 Å². The van der Waals surface area contributed by atoms with Crippen molar-refractivity contribution >= 4 is 10.9 Å². The van der Waals surface area contributed by atoms with Gasteiger partial charge in [0.2, 0.25) is 5.75 Å². The van der Waals surface area contributed by atoms with E-state index >= 15 is 0 Å². The van der Waals surface area contributed by atoms with Crippen molar-refractivity contribution in [3.63, 3.8) is 0 Å². The molecule has 0 spiro atoms. The summed E-state index contributed by atoms with van der Waals surface area (Å²) in [6, 6.07) is 5.42. The number of hydrogen-bond acceptors (Lipinski definition) is 4. The second kappa shape index (κ2) is 10.9. The molecule has 1 aromatic heterocycles. The molecule has 0 aliphatic carbocycles. The third-order valence-corrected chi connectivity index (χ3v) is 4.81. The van der Waals surface area contributed by atoms with Crippen LogP contribution in [0.1, 0.15) is 65.2 Å². The highest BCUT2D eigenvalue weighted by atomic mass is 16.5. The van der Waals surface area contributed by atoms with E-state index < -0.39 is 0 Å². The number of aromatic hydroxyl groups is 1. The van der Waals surface area contributed by atoms with Gasteiger partial charge in [-0.15, -0.1) is 0 Å². The van der Waals surface area contributed by atoms with Crippen molar-refractivity contribution in [1.82, 2.24) is 4.57 Å². The maximum atomic E-state index is 12.6. The van der Waals surface area contributed by atoms with Gasteiger partial charge in [-0.05, 0) is 25.0 Å². The summed E-state index contributed by atoms with van der Waals surface area (Å²) in [6.07, 6.45) is 8.80. The highest BCUT2D eigenvalue weighted by Gasteiger charge is 2.16. The highest BCUT2D eigenvalue weighted by molar-refractivity contribution is 5.88. The lowest BCUT2D eigenvalue weighted by Crippen LogP contribution is -2.20. The summed E-state index contributed by atoms with van der Waals surface area (Å²) in [5.41, 5.74) is 0.317. The lowest BCUT2D eigenvalue weighted by molar-refractivity contribution is 0.285. The topological polar surface area (TPSA) is 60.7 Å². The number of fused-ring (bicyclic) bond motifs is 1. The molecule has 0 aliphatic rings. The normalized spacial score (nSPS) is 11.1. The van der Waals surface area contributed by atoms with Gasteiger partial charge in [-0.2, -0.15) is 0 Å². The zero-order chi connectivity index (χ0) is 19.6. The largest absolute Gasteiger partial charge is 0.504 e. The predicted octanol–water partition coefficient (Wildman–Crippen LogP) is 5.16. The van der Waals surface area contributed by atoms with Crippen molar-refractivity contribution in [3.8, 4) is 17.2 Å². The number of ether oxygens (including phenoxy) is 2. The maximum Gasteiger partial charge on any atom is 0.297 e. The van der Waals surface area contributed by atoms with E-state index in [1.165, 1.54) is 17.4 Å². The third-order valence-electron chi connectivity index (χ3n) is 4.81. The van der Waals surface area contributed by atoms with Crippen LogP contribution in [0.15, 0.2) is 23.0 Å². The van der Waals surface area contributed by atoms with Crippen LogP contribution in [0.25, 0.3) is 10.9 Å². The first-order valence-electron chi connectivity index (χ1n) is 10.2. The molecule has 0 saturated heterocycles. The second-order valence-electron chi connectivity index (χ2n) is 7.04. The summed E-state index contributed by atoms with van der Waals surface area (Å²) in [6.45, 7) is 5.42. The summed E-state index contributed by atoms with van der Waals surface area (Å²) < 4.78 is 12.9. The van der Waals surface area contributed by atoms with Crippen LogP contribution in [0.5, 0.6) is 17.2 Å². The Morgan fingerprint density at radius 2 is 1.56 bits per heavy atom. The van der Waals surface area contributed by atoms with Gasteiger partial charge in [-0.1, -0.05) is 52.4 Å². The zero-order valence-electron chi connectivity index (χ0n) is 16.9. The van der Waals surface area contributed by atoms with Gasteiger partial charge in [0.1, 0.15) is 5.75 Å². The molecule has 0 fully saturated rings. The fourth-order valence-electron chi connectivity index (χ4n) is 3.12. The number of aryl methyl sites for hydroxylation is 1. The van der Waals surface area contributed by atoms with Crippen LogP contribution in [-0.2, 0) is 7.05 Å². The Kier molecular flexibility index (Phi) is 8.49.